The van der Waals surface area contributed by atoms with Crippen LogP contribution < -0.4 is 71.2 Å². The van der Waals surface area contributed by atoms with Crippen LogP contribution in [-0.4, -0.2) is 160 Å². The molecule has 0 fully saturated rings. The van der Waals surface area contributed by atoms with Gasteiger partial charge in [-0.1, -0.05) is 27.7 Å². The molecule has 21 N–H and O–H groups in total. The van der Waals surface area contributed by atoms with Gasteiger partial charge in [0, 0.05) is 20.0 Å². The minimum atomic E-state index is -1.89. The molecule has 0 unspecified atom stereocenters. The van der Waals surface area contributed by atoms with Crippen LogP contribution in [0.5, 0.6) is 0 Å². The molecule has 8 atom stereocenters. The Hall–Kier alpha value is -6.84. The first-order valence-electron chi connectivity index (χ1n) is 22.2. The van der Waals surface area contributed by atoms with Crippen LogP contribution in [0.25, 0.3) is 0 Å². The van der Waals surface area contributed by atoms with E-state index in [2.05, 4.69) is 52.5 Å². The molecule has 0 rings (SSSR count). The number of aliphatic hydroxyl groups excluding tert-OH is 2. The van der Waals surface area contributed by atoms with Crippen molar-refractivity contribution in [1.82, 2.24) is 42.5 Å². The summed E-state index contributed by atoms with van der Waals surface area (Å²) in [5.74, 6) is -10.9. The highest BCUT2D eigenvalue weighted by atomic mass is 16.4. The van der Waals surface area contributed by atoms with Crippen LogP contribution in [0, 0.1) is 11.8 Å². The van der Waals surface area contributed by atoms with Crippen molar-refractivity contribution in [1.29, 1.82) is 0 Å². The summed E-state index contributed by atoms with van der Waals surface area (Å²) in [6.07, 6.45) is -2.12. The lowest BCUT2D eigenvalue weighted by molar-refractivity contribution is -0.142. The number of nitrogens with one attached hydrogen (secondary N) is 8. The third kappa shape index (κ3) is 25.2. The molecule has 392 valence electrons. The van der Waals surface area contributed by atoms with Crippen molar-refractivity contribution >= 4 is 71.1 Å². The van der Waals surface area contributed by atoms with Crippen molar-refractivity contribution < 1.29 is 63.3 Å². The maximum atomic E-state index is 13.8. The van der Waals surface area contributed by atoms with E-state index in [1.54, 1.807) is 27.7 Å². The van der Waals surface area contributed by atoms with Crippen molar-refractivity contribution in [3.8, 4) is 0 Å². The first-order chi connectivity index (χ1) is 31.9. The molecule has 0 aliphatic heterocycles. The van der Waals surface area contributed by atoms with Gasteiger partial charge in [0.05, 0.1) is 19.1 Å². The SMILES string of the molecule is CC(=O)N[C@@H](CCCN=C(N)N)C(=O)N[C@H](C(=O)N[C@@H](CC(=O)O)C(=O)N[C@@H](CC(C)C)C(=O)NC(C)(C)C(=O)N[C@@H](CO)C(=O)N[C@@H](CC(C)C)C(=O)N[C@@H](CCCN=C(N)N)C(N)=O)[C@@H](C)O. The fourth-order valence-corrected chi connectivity index (χ4v) is 6.32. The van der Waals surface area contributed by atoms with E-state index in [1.165, 1.54) is 13.8 Å². The van der Waals surface area contributed by atoms with E-state index in [9.17, 15) is 63.3 Å². The molecule has 0 spiro atoms. The number of amides is 9. The molecule has 0 aromatic rings. The number of aliphatic imine (C=N–C) groups is 2. The molecule has 0 saturated heterocycles. The third-order valence-corrected chi connectivity index (χ3v) is 9.81. The summed E-state index contributed by atoms with van der Waals surface area (Å²) in [5, 5.41) is 49.3. The zero-order valence-corrected chi connectivity index (χ0v) is 40.5. The molecule has 28 nitrogen and oxygen atoms in total. The third-order valence-electron chi connectivity index (χ3n) is 9.81. The maximum Gasteiger partial charge on any atom is 0.305 e. The Bertz CT molecular complexity index is 1850. The van der Waals surface area contributed by atoms with Gasteiger partial charge in [-0.2, -0.15) is 0 Å². The Morgan fingerprint density at radius 2 is 0.971 bits per heavy atom. The van der Waals surface area contributed by atoms with Crippen molar-refractivity contribution in [3.63, 3.8) is 0 Å². The number of hydrogen-bond acceptors (Lipinski definition) is 14. The molecule has 0 radical (unpaired) electrons. The largest absolute Gasteiger partial charge is 0.481 e. The summed E-state index contributed by atoms with van der Waals surface area (Å²) >= 11 is 0. The second-order valence-corrected chi connectivity index (χ2v) is 17.7. The van der Waals surface area contributed by atoms with E-state index in [0.717, 1.165) is 13.8 Å². The first-order valence-corrected chi connectivity index (χ1v) is 22.2. The summed E-state index contributed by atoms with van der Waals surface area (Å²) in [4.78, 5) is 138. The van der Waals surface area contributed by atoms with Crippen LogP contribution in [0.4, 0.5) is 0 Å². The highest BCUT2D eigenvalue weighted by Crippen LogP contribution is 2.12. The van der Waals surface area contributed by atoms with Gasteiger partial charge in [-0.05, 0) is 71.1 Å². The number of primary amides is 1. The number of nitrogens with zero attached hydrogens (tertiary/aromatic N) is 2. The van der Waals surface area contributed by atoms with Gasteiger partial charge >= 0.3 is 5.97 Å². The van der Waals surface area contributed by atoms with Gasteiger partial charge in [-0.15, -0.1) is 0 Å². The molecule has 0 heterocycles. The average molecular weight is 986 g/mol. The fraction of sp³-hybridized carbons (Fsp3) is 0.707. The van der Waals surface area contributed by atoms with Crippen molar-refractivity contribution in [2.45, 2.75) is 154 Å². The number of aliphatic carboxylic acids is 1. The van der Waals surface area contributed by atoms with E-state index in [1.807, 2.05) is 0 Å². The predicted molar refractivity (Wildman–Crippen MR) is 250 cm³/mol. The van der Waals surface area contributed by atoms with Crippen LogP contribution in [0.3, 0.4) is 0 Å². The minimum Gasteiger partial charge on any atom is -0.481 e. The van der Waals surface area contributed by atoms with Crippen LogP contribution in [0.15, 0.2) is 9.98 Å². The highest BCUT2D eigenvalue weighted by molar-refractivity contribution is 5.99. The second kappa shape index (κ2) is 30.5. The first kappa shape index (κ1) is 62.2. The Morgan fingerprint density at radius 1 is 0.551 bits per heavy atom. The van der Waals surface area contributed by atoms with Crippen molar-refractivity contribution in [2.24, 2.45) is 50.5 Å². The molecule has 0 aromatic carbocycles. The van der Waals surface area contributed by atoms with Crippen LogP contribution in [0.2, 0.25) is 0 Å². The molecule has 0 bridgehead atoms. The van der Waals surface area contributed by atoms with Crippen molar-refractivity contribution in [2.75, 3.05) is 19.7 Å². The van der Waals surface area contributed by atoms with Crippen LogP contribution in [-0.2, 0) is 47.9 Å². The topological polar surface area (TPSA) is 482 Å². The van der Waals surface area contributed by atoms with Gasteiger partial charge in [-0.3, -0.25) is 57.9 Å². The number of aliphatic hydroxyl groups is 2. The number of carboxylic acid groups (broad SMARTS) is 1. The van der Waals surface area contributed by atoms with Crippen LogP contribution in [0.1, 0.15) is 100 Å². The summed E-state index contributed by atoms with van der Waals surface area (Å²) in [7, 11) is 0. The normalized spacial score (nSPS) is 14.7. The number of carboxylic acids is 1. The number of guanidine groups is 2. The van der Waals surface area contributed by atoms with Crippen molar-refractivity contribution in [3.05, 3.63) is 0 Å². The van der Waals surface area contributed by atoms with Gasteiger partial charge in [0.2, 0.25) is 53.2 Å². The van der Waals surface area contributed by atoms with E-state index in [-0.39, 0.29) is 75.4 Å². The minimum absolute atomic E-state index is 0.00128. The molecule has 0 saturated carbocycles. The summed E-state index contributed by atoms with van der Waals surface area (Å²) in [6.45, 7) is 10.9. The molecule has 0 aliphatic carbocycles. The monoisotopic (exact) mass is 986 g/mol. The van der Waals surface area contributed by atoms with E-state index in [4.69, 9.17) is 28.7 Å². The van der Waals surface area contributed by atoms with E-state index < -0.39 is 126 Å². The average Bonchev–Trinajstić information content (AvgIpc) is 3.21. The Kier molecular flexibility index (Phi) is 27.5. The Morgan fingerprint density at radius 3 is 1.39 bits per heavy atom. The number of rotatable bonds is 32. The molecule has 9 amide bonds. The zero-order chi connectivity index (χ0) is 53.3. The molecule has 0 aromatic heterocycles. The summed E-state index contributed by atoms with van der Waals surface area (Å²) in [6, 6.07) is -10.4. The second-order valence-electron chi connectivity index (χ2n) is 17.7. The zero-order valence-electron chi connectivity index (χ0n) is 40.5. The van der Waals surface area contributed by atoms with Crippen LogP contribution >= 0.6 is 0 Å². The number of nitrogens with two attached hydrogens (primary N) is 5. The standard InChI is InChI=1S/C41H75N15O13/c1-19(2)15-25(33(64)50-23(31(42)62)11-9-13-47-39(43)44)51-35(66)28(18-57)54-38(69)41(7,8)56-36(67)26(16-20(3)4)52-34(65)27(17-29(60)61)53-37(68)30(21(5)58)55-32(63)24(49-22(6)59)12-10-14-48-40(45)46/h19-21,23-28,30,57-58H,9-18H2,1-8H3,(H2,42,62)(H,49,59)(H,50,64)(H,51,66)(H,52,65)(H,53,68)(H,54,69)(H,55,63)(H,56,67)(H,60,61)(H4,43,44,47)(H4,45,46,48)/t21-,23+,24+,25+,26+,27+,28+,30+/m1/s1. The fourth-order valence-electron chi connectivity index (χ4n) is 6.32. The lowest BCUT2D eigenvalue weighted by Crippen LogP contribution is -2.64. The number of hydrogen-bond donors (Lipinski definition) is 16. The smallest absolute Gasteiger partial charge is 0.305 e. The van der Waals surface area contributed by atoms with E-state index >= 15 is 0 Å². The number of carbonyl (C=O) groups excluding carboxylic acids is 9. The van der Waals surface area contributed by atoms with Gasteiger partial charge in [0.15, 0.2) is 11.9 Å². The quantitative estimate of drug-likeness (QED) is 0.0169. The Labute approximate surface area is 400 Å². The molecule has 28 heteroatoms. The van der Waals surface area contributed by atoms with Gasteiger partial charge < -0.3 is 86.5 Å². The molecule has 0 aliphatic rings. The maximum absolute atomic E-state index is 13.8. The number of carbonyl (C=O) groups is 10. The van der Waals surface area contributed by atoms with E-state index in [0.29, 0.717) is 0 Å². The van der Waals surface area contributed by atoms with Gasteiger partial charge in [0.25, 0.3) is 0 Å². The highest BCUT2D eigenvalue weighted by Gasteiger charge is 2.38. The Balaban J connectivity index is 6.21. The summed E-state index contributed by atoms with van der Waals surface area (Å²) < 4.78 is 0. The molecular formula is C41H75N15O13. The summed E-state index contributed by atoms with van der Waals surface area (Å²) in [5.41, 5.74) is 24.9. The lowest BCUT2D eigenvalue weighted by atomic mass is 9.98. The molecule has 69 heavy (non-hydrogen) atoms. The lowest BCUT2D eigenvalue weighted by Gasteiger charge is -2.31. The molecular weight excluding hydrogens is 911 g/mol. The predicted octanol–water partition coefficient (Wildman–Crippen LogP) is -6.17. The van der Waals surface area contributed by atoms with Gasteiger partial charge in [-0.25, -0.2) is 0 Å². The van der Waals surface area contributed by atoms with Gasteiger partial charge in [0.1, 0.15) is 47.8 Å².